The molecule has 1 unspecified atom stereocenters. The molecule has 1 atom stereocenters. The fourth-order valence-corrected chi connectivity index (χ4v) is 3.09. The summed E-state index contributed by atoms with van der Waals surface area (Å²) < 4.78 is 79.1. The second-order valence-electron chi connectivity index (χ2n) is 7.21. The highest BCUT2D eigenvalue weighted by molar-refractivity contribution is 5.89. The van der Waals surface area contributed by atoms with Gasteiger partial charge in [0, 0.05) is 30.9 Å². The number of benzene rings is 1. The van der Waals surface area contributed by atoms with Crippen molar-refractivity contribution < 1.29 is 36.2 Å². The highest BCUT2D eigenvalue weighted by Crippen LogP contribution is 2.38. The van der Waals surface area contributed by atoms with Crippen molar-refractivity contribution >= 4 is 12.1 Å². The summed E-state index contributed by atoms with van der Waals surface area (Å²) in [6.07, 6.45) is -5.24. The molecule has 2 N–H and O–H groups in total. The number of carbonyl (C=O) groups excluding carboxylic acids is 1. The van der Waals surface area contributed by atoms with E-state index in [9.17, 15) is 36.2 Å². The van der Waals surface area contributed by atoms with E-state index in [1.54, 1.807) is 5.01 Å². The molecule has 0 bridgehead atoms. The molecule has 13 heteroatoms. The van der Waals surface area contributed by atoms with Gasteiger partial charge in [0.1, 0.15) is 6.33 Å². The molecule has 2 heterocycles. The Bertz CT molecular complexity index is 953. The van der Waals surface area contributed by atoms with E-state index < -0.39 is 41.1 Å². The van der Waals surface area contributed by atoms with Gasteiger partial charge >= 0.3 is 12.4 Å². The number of nitrogens with one attached hydrogen (secondary N) is 1. The first-order chi connectivity index (χ1) is 14.9. The molecular weight excluding hydrogens is 444 g/mol. The van der Waals surface area contributed by atoms with Gasteiger partial charge in [0.2, 0.25) is 0 Å². The van der Waals surface area contributed by atoms with Gasteiger partial charge in [0.05, 0.1) is 17.2 Å². The van der Waals surface area contributed by atoms with E-state index in [4.69, 9.17) is 0 Å². The Morgan fingerprint density at radius 1 is 1.06 bits per heavy atom. The Morgan fingerprint density at radius 2 is 1.72 bits per heavy atom. The van der Waals surface area contributed by atoms with Gasteiger partial charge in [-0.05, 0) is 37.5 Å². The number of amides is 1. The minimum absolute atomic E-state index is 0.0204. The number of halogens is 6. The van der Waals surface area contributed by atoms with Crippen LogP contribution in [-0.4, -0.2) is 50.0 Å². The van der Waals surface area contributed by atoms with Crippen LogP contribution in [-0.2, 0) is 17.1 Å². The molecule has 2 aromatic rings. The second kappa shape index (κ2) is 9.28. The van der Waals surface area contributed by atoms with E-state index in [0.717, 1.165) is 23.3 Å². The largest absolute Gasteiger partial charge is 0.416 e. The number of rotatable bonds is 4. The maximum absolute atomic E-state index is 13.0. The van der Waals surface area contributed by atoms with Crippen molar-refractivity contribution in [2.45, 2.75) is 37.7 Å². The first kappa shape index (κ1) is 23.7. The number of hydrogen-bond acceptors (Lipinski definition) is 5. The van der Waals surface area contributed by atoms with Crippen molar-refractivity contribution in [1.29, 1.82) is 0 Å². The fourth-order valence-electron chi connectivity index (χ4n) is 3.09. The average molecular weight is 463 g/mol. The summed E-state index contributed by atoms with van der Waals surface area (Å²) in [6, 6.07) is 1.07. The lowest BCUT2D eigenvalue weighted by Crippen LogP contribution is -2.42. The molecule has 1 aliphatic heterocycles. The monoisotopic (exact) mass is 463 g/mol. The molecule has 0 aliphatic carbocycles. The fraction of sp³-hybridized carbons (Fsp3) is 0.421. The maximum atomic E-state index is 13.0. The van der Waals surface area contributed by atoms with Crippen LogP contribution in [0.3, 0.4) is 0 Å². The van der Waals surface area contributed by atoms with Gasteiger partial charge in [-0.1, -0.05) is 0 Å². The van der Waals surface area contributed by atoms with Crippen LogP contribution in [0, 0.1) is 0 Å². The van der Waals surface area contributed by atoms with Crippen LogP contribution in [0.1, 0.15) is 30.4 Å². The van der Waals surface area contributed by atoms with Gasteiger partial charge in [-0.2, -0.15) is 26.3 Å². The van der Waals surface area contributed by atoms with Crippen LogP contribution in [0.15, 0.2) is 30.6 Å². The highest BCUT2D eigenvalue weighted by Gasteiger charge is 2.37. The molecule has 174 valence electrons. The number of hydrogen-bond donors (Lipinski definition) is 2. The molecule has 32 heavy (non-hydrogen) atoms. The quantitative estimate of drug-likeness (QED) is 0.537. The predicted molar refractivity (Wildman–Crippen MR) is 100 cm³/mol. The van der Waals surface area contributed by atoms with Crippen LogP contribution in [0.5, 0.6) is 0 Å². The minimum Gasteiger partial charge on any atom is -0.393 e. The normalized spacial score (nSPS) is 18.7. The Balaban J connectivity index is 1.74. The van der Waals surface area contributed by atoms with Crippen LogP contribution in [0.4, 0.5) is 26.3 Å². The molecule has 1 aromatic carbocycles. The van der Waals surface area contributed by atoms with Gasteiger partial charge in [-0.15, -0.1) is 5.10 Å². The van der Waals surface area contributed by atoms with Gasteiger partial charge in [-0.3, -0.25) is 10.2 Å². The van der Waals surface area contributed by atoms with Gasteiger partial charge < -0.3 is 5.11 Å². The Hall–Kier alpha value is -2.93. The van der Waals surface area contributed by atoms with E-state index in [1.807, 2.05) is 0 Å². The van der Waals surface area contributed by atoms with Crippen molar-refractivity contribution in [3.05, 3.63) is 41.7 Å². The van der Waals surface area contributed by atoms with E-state index in [1.165, 1.54) is 0 Å². The van der Waals surface area contributed by atoms with Crippen molar-refractivity contribution in [3.8, 4) is 11.4 Å². The van der Waals surface area contributed by atoms with Gasteiger partial charge in [-0.25, -0.2) is 14.7 Å². The van der Waals surface area contributed by atoms with Crippen LogP contribution in [0.25, 0.3) is 17.6 Å². The predicted octanol–water partition coefficient (Wildman–Crippen LogP) is 3.33. The molecule has 1 fully saturated rings. The number of aliphatic hydroxyl groups excluding tert-OH is 1. The Labute approximate surface area is 178 Å². The number of aliphatic hydroxyl groups is 1. The summed E-state index contributed by atoms with van der Waals surface area (Å²) in [5.74, 6) is -0.884. The number of alkyl halides is 6. The van der Waals surface area contributed by atoms with Crippen LogP contribution < -0.4 is 5.43 Å². The van der Waals surface area contributed by atoms with Crippen molar-refractivity contribution in [3.63, 3.8) is 0 Å². The third-order valence-corrected chi connectivity index (χ3v) is 4.70. The van der Waals surface area contributed by atoms with E-state index in [-0.39, 0.29) is 11.9 Å². The van der Waals surface area contributed by atoms with Gasteiger partial charge in [0.25, 0.3) is 5.91 Å². The Kier molecular flexibility index (Phi) is 6.88. The Morgan fingerprint density at radius 3 is 2.34 bits per heavy atom. The first-order valence-corrected chi connectivity index (χ1v) is 9.54. The summed E-state index contributed by atoms with van der Waals surface area (Å²) in [5.41, 5.74) is -0.796. The zero-order chi connectivity index (χ0) is 23.5. The molecule has 0 spiro atoms. The standard InChI is InChI=1S/C19H19F6N5O2/c20-18(21,22)13-8-12(9-14(10-13)19(23,24)25)17-26-11-30(28-17)7-4-16(32)27-29-5-1-2-15(31)3-6-29/h4,7-11,15,31H,1-3,5-6H2,(H,27,32). The number of carbonyl (C=O) groups is 1. The molecule has 1 saturated heterocycles. The molecule has 0 saturated carbocycles. The molecule has 1 aromatic heterocycles. The van der Waals surface area contributed by atoms with Crippen molar-refractivity contribution in [2.75, 3.05) is 13.1 Å². The topological polar surface area (TPSA) is 83.3 Å². The summed E-state index contributed by atoms with van der Waals surface area (Å²) in [5, 5.41) is 15.1. The summed E-state index contributed by atoms with van der Waals surface area (Å²) in [6.45, 7) is 1.02. The first-order valence-electron chi connectivity index (χ1n) is 9.54. The summed E-state index contributed by atoms with van der Waals surface area (Å²) in [4.78, 5) is 15.8. The average Bonchev–Trinajstić information content (AvgIpc) is 3.08. The van der Waals surface area contributed by atoms with Gasteiger partial charge in [0.15, 0.2) is 5.82 Å². The number of aromatic nitrogens is 3. The summed E-state index contributed by atoms with van der Waals surface area (Å²) in [7, 11) is 0. The third kappa shape index (κ3) is 6.29. The van der Waals surface area contributed by atoms with E-state index in [0.29, 0.717) is 44.5 Å². The molecule has 1 amide bonds. The molecule has 1 aliphatic rings. The lowest BCUT2D eigenvalue weighted by Gasteiger charge is -2.19. The zero-order valence-electron chi connectivity index (χ0n) is 16.5. The molecular formula is C19H19F6N5O2. The number of hydrazine groups is 1. The van der Waals surface area contributed by atoms with E-state index >= 15 is 0 Å². The minimum atomic E-state index is -4.99. The third-order valence-electron chi connectivity index (χ3n) is 4.70. The lowest BCUT2D eigenvalue weighted by molar-refractivity contribution is -0.143. The highest BCUT2D eigenvalue weighted by atomic mass is 19.4. The smallest absolute Gasteiger partial charge is 0.393 e. The van der Waals surface area contributed by atoms with Crippen molar-refractivity contribution in [1.82, 2.24) is 25.2 Å². The maximum Gasteiger partial charge on any atom is 0.416 e. The molecule has 3 rings (SSSR count). The molecule has 0 radical (unpaired) electrons. The zero-order valence-corrected chi connectivity index (χ0v) is 16.5. The van der Waals surface area contributed by atoms with Crippen molar-refractivity contribution in [2.24, 2.45) is 0 Å². The van der Waals surface area contributed by atoms with Crippen LogP contribution in [0.2, 0.25) is 0 Å². The number of nitrogens with zero attached hydrogens (tertiary/aromatic N) is 4. The lowest BCUT2D eigenvalue weighted by atomic mass is 10.0. The molecule has 7 nitrogen and oxygen atoms in total. The SMILES string of the molecule is O=C(C=Cn1cnc(-c2cc(C(F)(F)F)cc(C(F)(F)F)c2)n1)NN1CCCC(O)CC1. The summed E-state index contributed by atoms with van der Waals surface area (Å²) >= 11 is 0. The van der Waals surface area contributed by atoms with Crippen LogP contribution >= 0.6 is 0 Å². The second-order valence-corrected chi connectivity index (χ2v) is 7.21. The van der Waals surface area contributed by atoms with E-state index in [2.05, 4.69) is 15.5 Å².